The lowest BCUT2D eigenvalue weighted by atomic mass is 9.75. The van der Waals surface area contributed by atoms with Gasteiger partial charge in [0.1, 0.15) is 11.5 Å². The first-order valence-electron chi connectivity index (χ1n) is 7.49. The van der Waals surface area contributed by atoms with Crippen LogP contribution in [0.3, 0.4) is 0 Å². The molecule has 1 N–H and O–H groups in total. The summed E-state index contributed by atoms with van der Waals surface area (Å²) >= 11 is 1.59. The van der Waals surface area contributed by atoms with E-state index in [4.69, 9.17) is 0 Å². The molecule has 1 fully saturated rings. The summed E-state index contributed by atoms with van der Waals surface area (Å²) in [5.74, 6) is -0.107. The van der Waals surface area contributed by atoms with Gasteiger partial charge in [-0.15, -0.1) is 0 Å². The molecule has 0 atom stereocenters. The third-order valence-electron chi connectivity index (χ3n) is 4.50. The van der Waals surface area contributed by atoms with Crippen molar-refractivity contribution in [3.05, 3.63) is 29.3 Å². The summed E-state index contributed by atoms with van der Waals surface area (Å²) in [6.07, 6.45) is 6.33. The van der Waals surface area contributed by atoms with Gasteiger partial charge in [0.2, 0.25) is 0 Å². The van der Waals surface area contributed by atoms with Crippen molar-refractivity contribution < 1.29 is 8.78 Å². The van der Waals surface area contributed by atoms with Crippen LogP contribution in [-0.2, 0) is 0 Å². The van der Waals surface area contributed by atoms with E-state index in [2.05, 4.69) is 10.3 Å². The van der Waals surface area contributed by atoms with Gasteiger partial charge in [-0.3, -0.25) is 4.99 Å². The van der Waals surface area contributed by atoms with E-state index in [1.54, 1.807) is 18.7 Å². The first-order chi connectivity index (χ1) is 10.1. The Morgan fingerprint density at radius 2 is 1.95 bits per heavy atom. The van der Waals surface area contributed by atoms with Gasteiger partial charge in [0.15, 0.2) is 11.0 Å². The molecule has 0 unspecified atom stereocenters. The van der Waals surface area contributed by atoms with Crippen molar-refractivity contribution in [1.82, 2.24) is 0 Å². The third-order valence-corrected chi connectivity index (χ3v) is 5.76. The summed E-state index contributed by atoms with van der Waals surface area (Å²) in [7, 11) is 0. The zero-order valence-electron chi connectivity index (χ0n) is 12.2. The minimum atomic E-state index is -0.570. The van der Waals surface area contributed by atoms with E-state index in [-0.39, 0.29) is 5.69 Å². The number of rotatable bonds is 1. The zero-order valence-corrected chi connectivity index (χ0v) is 13.0. The number of aryl methyl sites for hydroxylation is 1. The first-order valence-corrected chi connectivity index (χ1v) is 8.47. The van der Waals surface area contributed by atoms with Crippen molar-refractivity contribution in [2.24, 2.45) is 10.4 Å². The number of anilines is 1. The number of benzene rings is 1. The van der Waals surface area contributed by atoms with E-state index >= 15 is 0 Å². The van der Waals surface area contributed by atoms with Gasteiger partial charge in [-0.25, -0.2) is 8.78 Å². The molecule has 0 aromatic heterocycles. The predicted molar refractivity (Wildman–Crippen MR) is 85.0 cm³/mol. The maximum Gasteiger partial charge on any atom is 0.161 e. The number of aliphatic imine (C=N–C) groups is 1. The van der Waals surface area contributed by atoms with E-state index in [1.165, 1.54) is 44.2 Å². The maximum absolute atomic E-state index is 14.0. The Hall–Kier alpha value is -1.10. The Labute approximate surface area is 128 Å². The van der Waals surface area contributed by atoms with E-state index in [0.29, 0.717) is 16.1 Å². The second kappa shape index (κ2) is 5.95. The van der Waals surface area contributed by atoms with E-state index in [0.717, 1.165) is 12.3 Å². The normalized spacial score (nSPS) is 21.2. The van der Waals surface area contributed by atoms with Gasteiger partial charge in [-0.2, -0.15) is 0 Å². The second-order valence-corrected chi connectivity index (χ2v) is 7.11. The summed E-state index contributed by atoms with van der Waals surface area (Å²) in [6, 6.07) is 2.74. The van der Waals surface area contributed by atoms with Gasteiger partial charge in [-0.05, 0) is 36.8 Å². The molecular formula is C16H20F2N2S. The Balaban J connectivity index is 1.74. The molecular weight excluding hydrogens is 290 g/mol. The Morgan fingerprint density at radius 3 is 2.62 bits per heavy atom. The van der Waals surface area contributed by atoms with Gasteiger partial charge >= 0.3 is 0 Å². The van der Waals surface area contributed by atoms with Crippen LogP contribution < -0.4 is 5.32 Å². The van der Waals surface area contributed by atoms with Crippen LogP contribution in [0.25, 0.3) is 0 Å². The van der Waals surface area contributed by atoms with Gasteiger partial charge in [0, 0.05) is 12.3 Å². The van der Waals surface area contributed by atoms with Crippen molar-refractivity contribution in [2.45, 2.75) is 39.0 Å². The second-order valence-electron chi connectivity index (χ2n) is 6.15. The Kier molecular flexibility index (Phi) is 4.20. The molecule has 3 rings (SSSR count). The van der Waals surface area contributed by atoms with Crippen molar-refractivity contribution in [1.29, 1.82) is 0 Å². The lowest BCUT2D eigenvalue weighted by Crippen LogP contribution is -2.35. The van der Waals surface area contributed by atoms with Crippen LogP contribution in [0.5, 0.6) is 0 Å². The summed E-state index contributed by atoms with van der Waals surface area (Å²) in [4.78, 5) is 4.55. The number of nitrogens with one attached hydrogen (secondary N) is 1. The van der Waals surface area contributed by atoms with Crippen molar-refractivity contribution in [2.75, 3.05) is 17.6 Å². The fraction of sp³-hybridized carbons (Fsp3) is 0.562. The molecule has 5 heteroatoms. The minimum Gasteiger partial charge on any atom is -0.330 e. The van der Waals surface area contributed by atoms with Crippen LogP contribution in [-0.4, -0.2) is 17.5 Å². The zero-order chi connectivity index (χ0) is 14.9. The monoisotopic (exact) mass is 310 g/mol. The molecule has 2 nitrogen and oxygen atoms in total. The van der Waals surface area contributed by atoms with Crippen LogP contribution in [0.4, 0.5) is 14.5 Å². The first kappa shape index (κ1) is 14.8. The highest BCUT2D eigenvalue weighted by molar-refractivity contribution is 8.14. The van der Waals surface area contributed by atoms with Crippen LogP contribution in [0.15, 0.2) is 17.1 Å². The quantitative estimate of drug-likeness (QED) is 0.810. The van der Waals surface area contributed by atoms with E-state index in [1.807, 2.05) is 0 Å². The summed E-state index contributed by atoms with van der Waals surface area (Å²) in [5, 5.41) is 3.48. The molecule has 0 radical (unpaired) electrons. The van der Waals surface area contributed by atoms with Gasteiger partial charge < -0.3 is 5.32 Å². The van der Waals surface area contributed by atoms with Gasteiger partial charge in [0.05, 0.1) is 0 Å². The molecule has 1 aliphatic carbocycles. The number of hydrogen-bond acceptors (Lipinski definition) is 3. The minimum absolute atomic E-state index is 0.0826. The number of halogens is 2. The van der Waals surface area contributed by atoms with Crippen LogP contribution in [0, 0.1) is 24.0 Å². The smallest absolute Gasteiger partial charge is 0.161 e. The molecule has 114 valence electrons. The van der Waals surface area contributed by atoms with E-state index in [9.17, 15) is 8.78 Å². The van der Waals surface area contributed by atoms with Gasteiger partial charge in [0.25, 0.3) is 0 Å². The predicted octanol–water partition coefficient (Wildman–Crippen LogP) is 4.74. The maximum atomic E-state index is 14.0. The standard InChI is InChI=1S/C16H20F2N2S/c1-11-5-6-12(17)14(13(11)18)20-15-19-9-16(10-21-15)7-3-2-4-8-16/h5-6H,2-4,7-10H2,1H3,(H,19,20). The van der Waals surface area contributed by atoms with Crippen LogP contribution >= 0.6 is 11.8 Å². The molecule has 21 heavy (non-hydrogen) atoms. The molecule has 1 aliphatic heterocycles. The Bertz CT molecular complexity index is 566. The van der Waals surface area contributed by atoms with E-state index < -0.39 is 11.6 Å². The number of nitrogens with zero attached hydrogens (tertiary/aromatic N) is 1. The number of hydrogen-bond donors (Lipinski definition) is 1. The highest BCUT2D eigenvalue weighted by Crippen LogP contribution is 2.42. The highest BCUT2D eigenvalue weighted by atomic mass is 32.2. The summed E-state index contributed by atoms with van der Waals surface area (Å²) in [6.45, 7) is 2.41. The lowest BCUT2D eigenvalue weighted by Gasteiger charge is -2.38. The molecule has 1 aromatic rings. The van der Waals surface area contributed by atoms with Crippen molar-refractivity contribution >= 4 is 22.6 Å². The molecule has 2 aliphatic rings. The average Bonchev–Trinajstić information content (AvgIpc) is 2.51. The molecule has 1 aromatic carbocycles. The SMILES string of the molecule is Cc1ccc(F)c(NC2=NCC3(CCCCC3)CS2)c1F. The van der Waals surface area contributed by atoms with Crippen LogP contribution in [0.2, 0.25) is 0 Å². The van der Waals surface area contributed by atoms with Gasteiger partial charge in [-0.1, -0.05) is 37.1 Å². The molecule has 1 spiro atoms. The highest BCUT2D eigenvalue weighted by Gasteiger charge is 2.35. The number of amidine groups is 1. The molecule has 1 heterocycles. The lowest BCUT2D eigenvalue weighted by molar-refractivity contribution is 0.232. The molecule has 0 saturated heterocycles. The van der Waals surface area contributed by atoms with Crippen molar-refractivity contribution in [3.63, 3.8) is 0 Å². The largest absolute Gasteiger partial charge is 0.330 e. The summed E-state index contributed by atoms with van der Waals surface area (Å²) in [5.41, 5.74) is 0.669. The van der Waals surface area contributed by atoms with Crippen LogP contribution in [0.1, 0.15) is 37.7 Å². The average molecular weight is 310 g/mol. The molecule has 1 saturated carbocycles. The fourth-order valence-electron chi connectivity index (χ4n) is 3.11. The van der Waals surface area contributed by atoms with Crippen molar-refractivity contribution in [3.8, 4) is 0 Å². The molecule has 0 bridgehead atoms. The number of thioether (sulfide) groups is 1. The Morgan fingerprint density at radius 1 is 1.19 bits per heavy atom. The third kappa shape index (κ3) is 3.07. The topological polar surface area (TPSA) is 24.4 Å². The fourth-order valence-corrected chi connectivity index (χ4v) is 4.26. The summed E-state index contributed by atoms with van der Waals surface area (Å²) < 4.78 is 27.8. The molecule has 0 amide bonds.